The van der Waals surface area contributed by atoms with Gasteiger partial charge in [0.15, 0.2) is 0 Å². The lowest BCUT2D eigenvalue weighted by molar-refractivity contribution is -0.144. The quantitative estimate of drug-likeness (QED) is 0.684. The molecule has 0 amide bonds. The van der Waals surface area contributed by atoms with Crippen LogP contribution < -0.4 is 5.56 Å². The Hall–Kier alpha value is -2.66. The lowest BCUT2D eigenvalue weighted by Gasteiger charge is -2.09. The Kier molecular flexibility index (Phi) is 4.62. The predicted octanol–water partition coefficient (Wildman–Crippen LogP) is 2.87. The highest BCUT2D eigenvalue weighted by molar-refractivity contribution is 6.31. The molecular formula is C18H15ClN2O3. The summed E-state index contributed by atoms with van der Waals surface area (Å²) in [5.41, 5.74) is 1.06. The molecule has 0 N–H and O–H groups in total. The third-order valence-electron chi connectivity index (χ3n) is 3.69. The average molecular weight is 343 g/mol. The lowest BCUT2D eigenvalue weighted by atomic mass is 10.1. The minimum absolute atomic E-state index is 0.0148. The standard InChI is InChI=1S/C18H15ClN2O3/c1-21-18(23)14-8-4-3-7-13(14)16(20-21)10-17(22)24-11-12-6-2-5-9-15(12)19/h2-9H,10-11H2,1H3. The molecule has 0 saturated heterocycles. The van der Waals surface area contributed by atoms with Crippen LogP contribution in [0.4, 0.5) is 0 Å². The van der Waals surface area contributed by atoms with Gasteiger partial charge in [-0.2, -0.15) is 5.10 Å². The number of carbonyl (C=O) groups excluding carboxylic acids is 1. The van der Waals surface area contributed by atoms with Crippen molar-refractivity contribution in [2.75, 3.05) is 0 Å². The van der Waals surface area contributed by atoms with E-state index in [2.05, 4.69) is 5.10 Å². The Bertz CT molecular complexity index is 966. The molecule has 0 aliphatic rings. The van der Waals surface area contributed by atoms with E-state index < -0.39 is 5.97 Å². The van der Waals surface area contributed by atoms with Gasteiger partial charge < -0.3 is 4.74 Å². The molecule has 3 rings (SSSR count). The highest BCUT2D eigenvalue weighted by Gasteiger charge is 2.13. The van der Waals surface area contributed by atoms with E-state index in [1.54, 1.807) is 37.4 Å². The number of aryl methyl sites for hydroxylation is 1. The van der Waals surface area contributed by atoms with Gasteiger partial charge in [0.05, 0.1) is 17.5 Å². The van der Waals surface area contributed by atoms with Gasteiger partial charge in [0.2, 0.25) is 0 Å². The zero-order chi connectivity index (χ0) is 17.1. The molecule has 3 aromatic rings. The van der Waals surface area contributed by atoms with E-state index in [1.165, 1.54) is 4.68 Å². The second kappa shape index (κ2) is 6.84. The summed E-state index contributed by atoms with van der Waals surface area (Å²) < 4.78 is 6.52. The van der Waals surface area contributed by atoms with Crippen molar-refractivity contribution in [2.45, 2.75) is 13.0 Å². The van der Waals surface area contributed by atoms with Gasteiger partial charge >= 0.3 is 5.97 Å². The number of aromatic nitrogens is 2. The molecule has 0 fully saturated rings. The van der Waals surface area contributed by atoms with Gasteiger partial charge in [-0.15, -0.1) is 0 Å². The van der Waals surface area contributed by atoms with Crippen LogP contribution in [0.5, 0.6) is 0 Å². The Morgan fingerprint density at radius 1 is 1.12 bits per heavy atom. The molecule has 0 bridgehead atoms. The summed E-state index contributed by atoms with van der Waals surface area (Å²) in [7, 11) is 1.56. The first-order valence-corrected chi connectivity index (χ1v) is 7.78. The van der Waals surface area contributed by atoms with Crippen LogP contribution >= 0.6 is 11.6 Å². The van der Waals surface area contributed by atoms with Crippen molar-refractivity contribution in [2.24, 2.45) is 7.05 Å². The summed E-state index contributed by atoms with van der Waals surface area (Å²) in [6, 6.07) is 14.3. The molecule has 0 unspecified atom stereocenters. The van der Waals surface area contributed by atoms with E-state index in [1.807, 2.05) is 18.2 Å². The summed E-state index contributed by atoms with van der Waals surface area (Å²) in [4.78, 5) is 24.2. The molecule has 0 atom stereocenters. The maximum absolute atomic E-state index is 12.1. The van der Waals surface area contributed by atoms with E-state index >= 15 is 0 Å². The van der Waals surface area contributed by atoms with Crippen molar-refractivity contribution in [3.05, 3.63) is 75.2 Å². The zero-order valence-electron chi connectivity index (χ0n) is 13.0. The molecule has 1 aromatic heterocycles. The van der Waals surface area contributed by atoms with Gasteiger partial charge in [-0.3, -0.25) is 9.59 Å². The van der Waals surface area contributed by atoms with E-state index in [9.17, 15) is 9.59 Å². The smallest absolute Gasteiger partial charge is 0.312 e. The highest BCUT2D eigenvalue weighted by Crippen LogP contribution is 2.17. The topological polar surface area (TPSA) is 61.2 Å². The first-order chi connectivity index (χ1) is 11.6. The van der Waals surface area contributed by atoms with Gasteiger partial charge in [-0.1, -0.05) is 48.0 Å². The first-order valence-electron chi connectivity index (χ1n) is 7.40. The summed E-state index contributed by atoms with van der Waals surface area (Å²) >= 11 is 6.04. The number of benzene rings is 2. The summed E-state index contributed by atoms with van der Waals surface area (Å²) in [6.07, 6.45) is -0.0148. The summed E-state index contributed by atoms with van der Waals surface area (Å²) in [5, 5.41) is 5.94. The first kappa shape index (κ1) is 16.2. The third kappa shape index (κ3) is 3.31. The fourth-order valence-corrected chi connectivity index (χ4v) is 2.66. The maximum atomic E-state index is 12.1. The van der Waals surface area contributed by atoms with Crippen LogP contribution in [0, 0.1) is 0 Å². The molecule has 6 heteroatoms. The lowest BCUT2D eigenvalue weighted by Crippen LogP contribution is -2.22. The van der Waals surface area contributed by atoms with Crippen molar-refractivity contribution in [3.8, 4) is 0 Å². The molecule has 122 valence electrons. The zero-order valence-corrected chi connectivity index (χ0v) is 13.8. The number of halogens is 1. The maximum Gasteiger partial charge on any atom is 0.312 e. The fourth-order valence-electron chi connectivity index (χ4n) is 2.47. The molecule has 2 aromatic carbocycles. The van der Waals surface area contributed by atoms with Crippen LogP contribution in [-0.2, 0) is 29.6 Å². The predicted molar refractivity (Wildman–Crippen MR) is 91.9 cm³/mol. The second-order valence-electron chi connectivity index (χ2n) is 5.35. The number of hydrogen-bond donors (Lipinski definition) is 0. The molecule has 0 aliphatic carbocycles. The summed E-state index contributed by atoms with van der Waals surface area (Å²) in [6.45, 7) is 0.0994. The number of nitrogens with zero attached hydrogens (tertiary/aromatic N) is 2. The minimum atomic E-state index is -0.425. The van der Waals surface area contributed by atoms with Gasteiger partial charge in [-0.25, -0.2) is 4.68 Å². The van der Waals surface area contributed by atoms with Gasteiger partial charge in [0.25, 0.3) is 5.56 Å². The third-order valence-corrected chi connectivity index (χ3v) is 4.06. The fraction of sp³-hybridized carbons (Fsp3) is 0.167. The van der Waals surface area contributed by atoms with Gasteiger partial charge in [0, 0.05) is 23.0 Å². The number of hydrogen-bond acceptors (Lipinski definition) is 4. The van der Waals surface area contributed by atoms with Crippen LogP contribution in [0.25, 0.3) is 10.8 Å². The molecule has 5 nitrogen and oxygen atoms in total. The largest absolute Gasteiger partial charge is 0.460 e. The second-order valence-corrected chi connectivity index (χ2v) is 5.76. The molecule has 1 heterocycles. The van der Waals surface area contributed by atoms with E-state index in [0.717, 1.165) is 5.56 Å². The van der Waals surface area contributed by atoms with Crippen LogP contribution in [0.15, 0.2) is 53.3 Å². The molecule has 0 saturated carbocycles. The van der Waals surface area contributed by atoms with Gasteiger partial charge in [-0.05, 0) is 12.1 Å². The monoisotopic (exact) mass is 342 g/mol. The van der Waals surface area contributed by atoms with Crippen LogP contribution in [0.2, 0.25) is 5.02 Å². The van der Waals surface area contributed by atoms with E-state index in [4.69, 9.17) is 16.3 Å². The van der Waals surface area contributed by atoms with Crippen molar-refractivity contribution in [1.82, 2.24) is 9.78 Å². The Balaban J connectivity index is 1.80. The minimum Gasteiger partial charge on any atom is -0.460 e. The SMILES string of the molecule is Cn1nc(CC(=O)OCc2ccccc2Cl)c2ccccc2c1=O. The van der Waals surface area contributed by atoms with Crippen molar-refractivity contribution >= 4 is 28.3 Å². The molecule has 24 heavy (non-hydrogen) atoms. The van der Waals surface area contributed by atoms with Crippen molar-refractivity contribution < 1.29 is 9.53 Å². The van der Waals surface area contributed by atoms with Crippen molar-refractivity contribution in [1.29, 1.82) is 0 Å². The average Bonchev–Trinajstić information content (AvgIpc) is 2.59. The molecule has 0 radical (unpaired) electrons. The normalized spacial score (nSPS) is 10.8. The van der Waals surface area contributed by atoms with Crippen LogP contribution in [0.1, 0.15) is 11.3 Å². The Labute approximate surface area is 143 Å². The number of ether oxygens (including phenoxy) is 1. The van der Waals surface area contributed by atoms with Crippen molar-refractivity contribution in [3.63, 3.8) is 0 Å². The molecule has 0 spiro atoms. The highest BCUT2D eigenvalue weighted by atomic mass is 35.5. The number of rotatable bonds is 4. The Morgan fingerprint density at radius 3 is 2.54 bits per heavy atom. The Morgan fingerprint density at radius 2 is 1.79 bits per heavy atom. The number of esters is 1. The van der Waals surface area contributed by atoms with Crippen LogP contribution in [-0.4, -0.2) is 15.7 Å². The molecular weight excluding hydrogens is 328 g/mol. The molecule has 0 aliphatic heterocycles. The number of carbonyl (C=O) groups is 1. The number of fused-ring (bicyclic) bond motifs is 1. The van der Waals surface area contributed by atoms with Crippen LogP contribution in [0.3, 0.4) is 0 Å². The van der Waals surface area contributed by atoms with E-state index in [-0.39, 0.29) is 18.6 Å². The van der Waals surface area contributed by atoms with E-state index in [0.29, 0.717) is 21.5 Å². The van der Waals surface area contributed by atoms with Gasteiger partial charge in [0.1, 0.15) is 6.61 Å². The summed E-state index contributed by atoms with van der Waals surface area (Å²) in [5.74, 6) is -0.425.